The van der Waals surface area contributed by atoms with Crippen LogP contribution in [-0.4, -0.2) is 9.55 Å². The number of hydrogen-bond acceptors (Lipinski definition) is 2. The van der Waals surface area contributed by atoms with E-state index in [0.29, 0.717) is 0 Å². The van der Waals surface area contributed by atoms with Gasteiger partial charge in [-0.25, -0.2) is 4.98 Å². The lowest BCUT2D eigenvalue weighted by molar-refractivity contribution is 1.03. The highest BCUT2D eigenvalue weighted by Crippen LogP contribution is 2.24. The van der Waals surface area contributed by atoms with Crippen LogP contribution >= 0.6 is 11.8 Å². The van der Waals surface area contributed by atoms with Gasteiger partial charge in [0.15, 0.2) is 0 Å². The van der Waals surface area contributed by atoms with Crippen molar-refractivity contribution < 1.29 is 0 Å². The van der Waals surface area contributed by atoms with E-state index < -0.39 is 0 Å². The second-order valence-corrected chi connectivity index (χ2v) is 3.88. The third-order valence-electron chi connectivity index (χ3n) is 2.19. The molecule has 0 amide bonds. The highest BCUT2D eigenvalue weighted by molar-refractivity contribution is 8.01. The monoisotopic (exact) mass is 188 g/mol. The third-order valence-corrected chi connectivity index (χ3v) is 2.93. The zero-order valence-electron chi connectivity index (χ0n) is 6.97. The van der Waals surface area contributed by atoms with Crippen molar-refractivity contribution in [2.24, 2.45) is 0 Å². The first kappa shape index (κ1) is 7.21. The number of thioether (sulfide) groups is 1. The smallest absolute Gasteiger partial charge is 0.124 e. The molecular weight excluding hydrogens is 180 g/mol. The van der Waals surface area contributed by atoms with Crippen molar-refractivity contribution in [3.05, 3.63) is 35.5 Å². The van der Waals surface area contributed by atoms with E-state index in [4.69, 9.17) is 0 Å². The molecule has 1 aliphatic heterocycles. The zero-order chi connectivity index (χ0) is 8.67. The Hall–Kier alpha value is -1.22. The van der Waals surface area contributed by atoms with Gasteiger partial charge in [-0.3, -0.25) is 0 Å². The molecule has 2 nitrogen and oxygen atoms in total. The first-order chi connectivity index (χ1) is 6.45. The largest absolute Gasteiger partial charge is 0.302 e. The van der Waals surface area contributed by atoms with Gasteiger partial charge in [0.05, 0.1) is 16.8 Å². The van der Waals surface area contributed by atoms with Crippen molar-refractivity contribution in [1.29, 1.82) is 0 Å². The lowest BCUT2D eigenvalue weighted by Crippen LogP contribution is -1.96. The summed E-state index contributed by atoms with van der Waals surface area (Å²) in [5.41, 5.74) is 2.29. The molecule has 2 heterocycles. The lowest BCUT2D eigenvalue weighted by Gasteiger charge is -2.06. The minimum Gasteiger partial charge on any atom is -0.302 e. The summed E-state index contributed by atoms with van der Waals surface area (Å²) in [4.78, 5) is 4.54. The fourth-order valence-electron chi connectivity index (χ4n) is 1.59. The summed E-state index contributed by atoms with van der Waals surface area (Å²) in [6.07, 6.45) is 2.08. The van der Waals surface area contributed by atoms with E-state index in [1.165, 1.54) is 5.52 Å². The Labute approximate surface area is 80.3 Å². The summed E-state index contributed by atoms with van der Waals surface area (Å²) in [5.74, 6) is 2.12. The van der Waals surface area contributed by atoms with Crippen LogP contribution in [0.25, 0.3) is 17.2 Å². The van der Waals surface area contributed by atoms with Gasteiger partial charge in [-0.2, -0.15) is 0 Å². The first-order valence-electron chi connectivity index (χ1n) is 4.19. The van der Waals surface area contributed by atoms with Crippen LogP contribution in [0.4, 0.5) is 0 Å². The second kappa shape index (κ2) is 2.64. The fraction of sp³-hybridized carbons (Fsp3) is 0.100. The van der Waals surface area contributed by atoms with Gasteiger partial charge < -0.3 is 4.57 Å². The minimum absolute atomic E-state index is 0.977. The van der Waals surface area contributed by atoms with Crippen LogP contribution in [0.5, 0.6) is 0 Å². The summed E-state index contributed by atoms with van der Waals surface area (Å²) in [5, 5.41) is 2.11. The molecule has 0 radical (unpaired) electrons. The highest BCUT2D eigenvalue weighted by atomic mass is 32.2. The predicted molar refractivity (Wildman–Crippen MR) is 56.4 cm³/mol. The Morgan fingerprint density at radius 1 is 1.31 bits per heavy atom. The van der Waals surface area contributed by atoms with E-state index >= 15 is 0 Å². The number of benzene rings is 1. The Morgan fingerprint density at radius 2 is 2.23 bits per heavy atom. The Kier molecular flexibility index (Phi) is 1.46. The van der Waals surface area contributed by atoms with Crippen molar-refractivity contribution >= 4 is 29.0 Å². The fourth-order valence-corrected chi connectivity index (χ4v) is 2.25. The molecular formula is C10H8N2S. The molecule has 0 unspecified atom stereocenters. The summed E-state index contributed by atoms with van der Waals surface area (Å²) < 4.78 is 2.16. The van der Waals surface area contributed by atoms with Crippen LogP contribution in [0.1, 0.15) is 5.82 Å². The summed E-state index contributed by atoms with van der Waals surface area (Å²) in [6.45, 7) is 0. The van der Waals surface area contributed by atoms with E-state index in [1.54, 1.807) is 11.8 Å². The number of aromatic nitrogens is 2. The van der Waals surface area contributed by atoms with Gasteiger partial charge in [-0.15, -0.1) is 11.8 Å². The van der Waals surface area contributed by atoms with Crippen molar-refractivity contribution in [2.45, 2.75) is 5.75 Å². The van der Waals surface area contributed by atoms with E-state index in [0.717, 1.165) is 17.1 Å². The molecule has 2 aromatic rings. The van der Waals surface area contributed by atoms with Gasteiger partial charge in [0.1, 0.15) is 5.82 Å². The van der Waals surface area contributed by atoms with Crippen molar-refractivity contribution in [3.63, 3.8) is 0 Å². The van der Waals surface area contributed by atoms with Gasteiger partial charge in [0, 0.05) is 6.20 Å². The number of hydrogen-bond donors (Lipinski definition) is 0. The summed E-state index contributed by atoms with van der Waals surface area (Å²) in [7, 11) is 0. The van der Waals surface area contributed by atoms with Crippen LogP contribution in [0, 0.1) is 0 Å². The molecule has 0 fully saturated rings. The van der Waals surface area contributed by atoms with Crippen LogP contribution in [-0.2, 0) is 5.75 Å². The van der Waals surface area contributed by atoms with Crippen molar-refractivity contribution in [1.82, 2.24) is 9.55 Å². The lowest BCUT2D eigenvalue weighted by atomic mass is 10.3. The molecule has 0 N–H and O–H groups in total. The maximum Gasteiger partial charge on any atom is 0.124 e. The number of fused-ring (bicyclic) bond motifs is 3. The highest BCUT2D eigenvalue weighted by Gasteiger charge is 2.09. The molecule has 1 aliphatic rings. The number of para-hydroxylation sites is 2. The molecule has 0 atom stereocenters. The van der Waals surface area contributed by atoms with E-state index in [2.05, 4.69) is 33.3 Å². The maximum absolute atomic E-state index is 4.54. The Balaban J connectivity index is 2.42. The third kappa shape index (κ3) is 1.00. The maximum atomic E-state index is 4.54. The average Bonchev–Trinajstić information content (AvgIpc) is 2.56. The molecule has 0 saturated heterocycles. The predicted octanol–water partition coefficient (Wildman–Crippen LogP) is 2.71. The van der Waals surface area contributed by atoms with E-state index in [9.17, 15) is 0 Å². The van der Waals surface area contributed by atoms with Crippen LogP contribution in [0.3, 0.4) is 0 Å². The molecule has 0 saturated carbocycles. The quantitative estimate of drug-likeness (QED) is 0.632. The van der Waals surface area contributed by atoms with Crippen LogP contribution in [0.2, 0.25) is 0 Å². The van der Waals surface area contributed by atoms with Crippen LogP contribution < -0.4 is 0 Å². The molecule has 0 bridgehead atoms. The number of rotatable bonds is 0. The van der Waals surface area contributed by atoms with Gasteiger partial charge >= 0.3 is 0 Å². The molecule has 3 rings (SSSR count). The number of nitrogens with zero attached hydrogens (tertiary/aromatic N) is 2. The topological polar surface area (TPSA) is 17.8 Å². The normalized spacial score (nSPS) is 14.8. The molecule has 3 heteroatoms. The Bertz CT molecular complexity index is 485. The summed E-state index contributed by atoms with van der Waals surface area (Å²) >= 11 is 1.79. The van der Waals surface area contributed by atoms with Crippen LogP contribution in [0.15, 0.2) is 29.7 Å². The second-order valence-electron chi connectivity index (χ2n) is 2.98. The molecule has 13 heavy (non-hydrogen) atoms. The SMILES string of the molecule is C1=Cn2c(nc3ccccc32)CS1. The zero-order valence-corrected chi connectivity index (χ0v) is 7.79. The molecule has 1 aromatic heterocycles. The van der Waals surface area contributed by atoms with Gasteiger partial charge in [0.2, 0.25) is 0 Å². The van der Waals surface area contributed by atoms with Gasteiger partial charge in [-0.05, 0) is 17.5 Å². The van der Waals surface area contributed by atoms with Gasteiger partial charge in [-0.1, -0.05) is 12.1 Å². The molecule has 1 aromatic carbocycles. The average molecular weight is 188 g/mol. The van der Waals surface area contributed by atoms with Crippen molar-refractivity contribution in [2.75, 3.05) is 0 Å². The Morgan fingerprint density at radius 3 is 3.23 bits per heavy atom. The minimum atomic E-state index is 0.977. The molecule has 0 aliphatic carbocycles. The molecule has 64 valence electrons. The number of imidazole rings is 1. The van der Waals surface area contributed by atoms with E-state index in [-0.39, 0.29) is 0 Å². The standard InChI is InChI=1S/C10H8N2S/c1-2-4-9-8(3-1)11-10-7-13-6-5-12(9)10/h1-6H,7H2. The van der Waals surface area contributed by atoms with Gasteiger partial charge in [0.25, 0.3) is 0 Å². The first-order valence-corrected chi connectivity index (χ1v) is 5.24. The molecule has 0 spiro atoms. The van der Waals surface area contributed by atoms with Crippen molar-refractivity contribution in [3.8, 4) is 0 Å². The van der Waals surface area contributed by atoms with E-state index in [1.807, 2.05) is 12.1 Å². The summed E-state index contributed by atoms with van der Waals surface area (Å²) in [6, 6.07) is 8.23.